The molecule has 2 saturated heterocycles. The van der Waals surface area contributed by atoms with Gasteiger partial charge in [0.15, 0.2) is 0 Å². The maximum absolute atomic E-state index is 12.1. The number of aromatic nitrogens is 2. The molecule has 0 bridgehead atoms. The van der Waals surface area contributed by atoms with E-state index in [2.05, 4.69) is 27.7 Å². The number of anilines is 1. The number of carbonyl (C=O) groups is 1. The Bertz CT molecular complexity index is 754. The van der Waals surface area contributed by atoms with Crippen LogP contribution in [0.15, 0.2) is 12.4 Å². The third-order valence-electron chi connectivity index (χ3n) is 6.88. The number of piperazine rings is 1. The van der Waals surface area contributed by atoms with Gasteiger partial charge >= 0.3 is 0 Å². The zero-order valence-electron chi connectivity index (χ0n) is 16.7. The maximum Gasteiger partial charge on any atom is 0.241 e. The van der Waals surface area contributed by atoms with E-state index in [4.69, 9.17) is 4.74 Å². The van der Waals surface area contributed by atoms with Gasteiger partial charge in [0, 0.05) is 38.2 Å². The number of hydrogen-bond acceptors (Lipinski definition) is 7. The summed E-state index contributed by atoms with van der Waals surface area (Å²) in [5.74, 6) is 1.43. The maximum atomic E-state index is 12.1. The number of likely N-dealkylation sites (N-methyl/N-ethyl adjacent to an activating group) is 1. The fraction of sp³-hybridized carbons (Fsp3) is 0.750. The van der Waals surface area contributed by atoms with Crippen molar-refractivity contribution < 1.29 is 9.53 Å². The summed E-state index contributed by atoms with van der Waals surface area (Å²) >= 11 is 0. The van der Waals surface area contributed by atoms with Crippen LogP contribution in [0.4, 0.5) is 5.82 Å². The molecule has 2 saturated carbocycles. The third-order valence-corrected chi connectivity index (χ3v) is 6.88. The summed E-state index contributed by atoms with van der Waals surface area (Å²) in [7, 11) is 1.85. The van der Waals surface area contributed by atoms with E-state index in [1.807, 2.05) is 18.0 Å². The van der Waals surface area contributed by atoms with Crippen LogP contribution in [0.5, 0.6) is 0 Å². The highest BCUT2D eigenvalue weighted by molar-refractivity contribution is 5.82. The van der Waals surface area contributed by atoms with Crippen LogP contribution in [-0.2, 0) is 9.53 Å². The lowest BCUT2D eigenvalue weighted by atomic mass is 9.79. The second-order valence-electron chi connectivity index (χ2n) is 9.08. The van der Waals surface area contributed by atoms with Gasteiger partial charge in [0.25, 0.3) is 0 Å². The van der Waals surface area contributed by atoms with Crippen LogP contribution in [0.2, 0.25) is 0 Å². The molecule has 8 nitrogen and oxygen atoms in total. The number of ether oxygens (including phenoxy) is 1. The van der Waals surface area contributed by atoms with Crippen LogP contribution in [0.1, 0.15) is 50.8 Å². The molecule has 2 aliphatic heterocycles. The molecule has 3 heterocycles. The molecule has 1 aromatic heterocycles. The number of rotatable bonds is 4. The highest BCUT2D eigenvalue weighted by atomic mass is 16.5. The van der Waals surface area contributed by atoms with Crippen molar-refractivity contribution in [1.29, 1.82) is 0 Å². The zero-order chi connectivity index (χ0) is 19.3. The summed E-state index contributed by atoms with van der Waals surface area (Å²) in [5.41, 5.74) is 8.07. The summed E-state index contributed by atoms with van der Waals surface area (Å²) < 4.78 is 6.38. The number of carbonyl (C=O) groups excluding carboxylic acids is 1. The molecule has 4 unspecified atom stereocenters. The Morgan fingerprint density at radius 1 is 1.21 bits per heavy atom. The predicted molar refractivity (Wildman–Crippen MR) is 105 cm³/mol. The van der Waals surface area contributed by atoms with E-state index < -0.39 is 0 Å². The second kappa shape index (κ2) is 6.93. The lowest BCUT2D eigenvalue weighted by Crippen LogP contribution is -2.48. The van der Waals surface area contributed by atoms with Gasteiger partial charge in [-0.25, -0.2) is 15.4 Å². The molecule has 5 rings (SSSR count). The minimum absolute atomic E-state index is 0.127. The second-order valence-corrected chi connectivity index (χ2v) is 9.08. The lowest BCUT2D eigenvalue weighted by molar-refractivity contribution is -0.129. The van der Waals surface area contributed by atoms with E-state index in [9.17, 15) is 4.79 Å². The summed E-state index contributed by atoms with van der Waals surface area (Å²) in [6.45, 7) is 4.14. The van der Waals surface area contributed by atoms with Gasteiger partial charge in [0.05, 0.1) is 30.0 Å². The molecule has 1 amide bonds. The molecule has 4 aliphatic rings. The Kier molecular flexibility index (Phi) is 4.52. The molecule has 0 spiro atoms. The topological polar surface area (TPSA) is 82.6 Å². The Morgan fingerprint density at radius 2 is 2.07 bits per heavy atom. The zero-order valence-corrected chi connectivity index (χ0v) is 16.7. The van der Waals surface area contributed by atoms with Crippen LogP contribution >= 0.6 is 0 Å². The summed E-state index contributed by atoms with van der Waals surface area (Å²) in [5, 5.41) is 0. The largest absolute Gasteiger partial charge is 0.372 e. The van der Waals surface area contributed by atoms with E-state index in [-0.39, 0.29) is 17.6 Å². The molecule has 0 aromatic carbocycles. The molecule has 2 aliphatic carbocycles. The fourth-order valence-electron chi connectivity index (χ4n) is 4.77. The van der Waals surface area contributed by atoms with Gasteiger partial charge in [0.2, 0.25) is 5.91 Å². The molecule has 2 N–H and O–H groups in total. The van der Waals surface area contributed by atoms with Gasteiger partial charge in [-0.15, -0.1) is 0 Å². The third kappa shape index (κ3) is 3.49. The number of hydrazine groups is 1. The lowest BCUT2D eigenvalue weighted by Gasteiger charge is -2.35. The quantitative estimate of drug-likeness (QED) is 0.799. The van der Waals surface area contributed by atoms with Crippen molar-refractivity contribution in [1.82, 2.24) is 25.7 Å². The predicted octanol–water partition coefficient (Wildman–Crippen LogP) is 1.01. The highest BCUT2D eigenvalue weighted by Gasteiger charge is 2.46. The van der Waals surface area contributed by atoms with Crippen molar-refractivity contribution in [3.05, 3.63) is 18.1 Å². The first-order chi connectivity index (χ1) is 13.5. The van der Waals surface area contributed by atoms with Gasteiger partial charge in [-0.2, -0.15) is 0 Å². The molecule has 1 aromatic rings. The molecule has 152 valence electrons. The van der Waals surface area contributed by atoms with Gasteiger partial charge in [-0.05, 0) is 39.0 Å². The Labute approximate surface area is 166 Å². The van der Waals surface area contributed by atoms with Crippen molar-refractivity contribution in [2.24, 2.45) is 5.92 Å². The van der Waals surface area contributed by atoms with Crippen LogP contribution < -0.4 is 15.8 Å². The number of fused-ring (bicyclic) bond motifs is 1. The molecule has 0 radical (unpaired) electrons. The summed E-state index contributed by atoms with van der Waals surface area (Å²) in [6.07, 6.45) is 7.65. The van der Waals surface area contributed by atoms with Crippen molar-refractivity contribution in [3.63, 3.8) is 0 Å². The number of nitrogens with zero attached hydrogens (tertiary/aromatic N) is 4. The van der Waals surface area contributed by atoms with Crippen LogP contribution in [0, 0.1) is 5.92 Å². The monoisotopic (exact) mass is 386 g/mol. The first kappa shape index (κ1) is 18.3. The molecule has 8 heteroatoms. The molecular formula is C20H30N6O2. The van der Waals surface area contributed by atoms with E-state index >= 15 is 0 Å². The van der Waals surface area contributed by atoms with Gasteiger partial charge in [-0.1, -0.05) is 0 Å². The minimum atomic E-state index is 0.127. The minimum Gasteiger partial charge on any atom is -0.372 e. The number of amides is 1. The molecule has 4 atom stereocenters. The van der Waals surface area contributed by atoms with E-state index in [1.165, 1.54) is 12.8 Å². The smallest absolute Gasteiger partial charge is 0.241 e. The van der Waals surface area contributed by atoms with E-state index in [0.717, 1.165) is 43.9 Å². The Morgan fingerprint density at radius 3 is 2.86 bits per heavy atom. The Balaban J connectivity index is 1.31. The molecular weight excluding hydrogens is 356 g/mol. The first-order valence-corrected chi connectivity index (χ1v) is 10.5. The van der Waals surface area contributed by atoms with Crippen molar-refractivity contribution in [2.75, 3.05) is 31.6 Å². The average molecular weight is 387 g/mol. The van der Waals surface area contributed by atoms with Crippen molar-refractivity contribution >= 4 is 11.7 Å². The Hall–Kier alpha value is -1.77. The fourth-order valence-corrected chi connectivity index (χ4v) is 4.77. The number of nitrogens with one attached hydrogen (secondary N) is 2. The van der Waals surface area contributed by atoms with Gasteiger partial charge in [0.1, 0.15) is 12.1 Å². The average Bonchev–Trinajstić information content (AvgIpc) is 3.26. The van der Waals surface area contributed by atoms with Gasteiger partial charge in [-0.3, -0.25) is 10.2 Å². The summed E-state index contributed by atoms with van der Waals surface area (Å²) in [4.78, 5) is 24.9. The molecule has 28 heavy (non-hydrogen) atoms. The molecule has 4 fully saturated rings. The van der Waals surface area contributed by atoms with Gasteiger partial charge < -0.3 is 14.5 Å². The number of hydrogen-bond donors (Lipinski definition) is 2. The highest BCUT2D eigenvalue weighted by Crippen LogP contribution is 2.45. The van der Waals surface area contributed by atoms with Crippen LogP contribution in [0.25, 0.3) is 0 Å². The first-order valence-electron chi connectivity index (χ1n) is 10.5. The SMILES string of the molecule is CN1CCN(c2cc(C3NNC4CCC(OC5(C)CC5)CC43)ncn2)CC1=O. The van der Waals surface area contributed by atoms with E-state index in [0.29, 0.717) is 24.6 Å². The van der Waals surface area contributed by atoms with Crippen molar-refractivity contribution in [3.8, 4) is 0 Å². The normalized spacial score (nSPS) is 34.4. The van der Waals surface area contributed by atoms with Crippen LogP contribution in [-0.4, -0.2) is 65.2 Å². The van der Waals surface area contributed by atoms with E-state index in [1.54, 1.807) is 11.2 Å². The summed E-state index contributed by atoms with van der Waals surface area (Å²) in [6, 6.07) is 2.65. The van der Waals surface area contributed by atoms with Crippen LogP contribution in [0.3, 0.4) is 0 Å². The van der Waals surface area contributed by atoms with Crippen molar-refractivity contribution in [2.45, 2.75) is 62.8 Å². The standard InChI is InChI=1S/C20H30N6O2/c1-20(5-6-20)28-13-3-4-15-14(9-13)19(24-23-15)16-10-17(22-12-21-16)26-8-7-25(2)18(27)11-26/h10,12-15,19,23-24H,3-9,11H2,1-2H3.